The molecule has 4 rings (SSSR count). The van der Waals surface area contributed by atoms with E-state index in [1.807, 2.05) is 47.8 Å². The van der Waals surface area contributed by atoms with Gasteiger partial charge in [-0.1, -0.05) is 48.6 Å². The number of hydrogen-bond donors (Lipinski definition) is 0. The molecule has 0 amide bonds. The lowest BCUT2D eigenvalue weighted by Crippen LogP contribution is -2.50. The molecule has 1 fully saturated rings. The van der Waals surface area contributed by atoms with E-state index in [-0.39, 0.29) is 11.8 Å². The average molecular weight is 397 g/mol. The molecule has 0 bridgehead atoms. The number of benzene rings is 1. The predicted molar refractivity (Wildman–Crippen MR) is 108 cm³/mol. The molecule has 0 saturated carbocycles. The van der Waals surface area contributed by atoms with E-state index in [9.17, 15) is 9.59 Å². The first-order valence-corrected chi connectivity index (χ1v) is 10.6. The Bertz CT molecular complexity index is 858. The molecule has 1 aromatic carbocycles. The van der Waals surface area contributed by atoms with Gasteiger partial charge in [0.15, 0.2) is 5.92 Å². The third kappa shape index (κ3) is 3.28. The fraction of sp³-hybridized carbons (Fsp3) is 0.391. The van der Waals surface area contributed by atoms with Crippen molar-refractivity contribution in [2.45, 2.75) is 37.2 Å². The average Bonchev–Trinajstić information content (AvgIpc) is 3.29. The summed E-state index contributed by atoms with van der Waals surface area (Å²) in [6.45, 7) is 0. The second-order valence-electron chi connectivity index (χ2n) is 7.47. The zero-order valence-electron chi connectivity index (χ0n) is 15.9. The van der Waals surface area contributed by atoms with Crippen LogP contribution >= 0.6 is 11.3 Å². The van der Waals surface area contributed by atoms with Crippen LogP contribution in [0.2, 0.25) is 0 Å². The summed E-state index contributed by atoms with van der Waals surface area (Å²) in [5, 5.41) is 1.98. The topological polar surface area (TPSA) is 52.6 Å². The number of methoxy groups -OCH3 is 1. The quantitative estimate of drug-likeness (QED) is 0.422. The minimum atomic E-state index is -0.923. The molecule has 0 spiro atoms. The summed E-state index contributed by atoms with van der Waals surface area (Å²) in [6.07, 6.45) is 8.01. The SMILES string of the molecule is COC(=O)[C@H]1C(=O)OC(c2ccccc2)([C@@H]2C=CCCC2)C[C@@H]1c1cccs1. The molecule has 0 N–H and O–H groups in total. The number of carbonyl (C=O) groups excluding carboxylic acids is 2. The van der Waals surface area contributed by atoms with Gasteiger partial charge in [-0.15, -0.1) is 11.3 Å². The summed E-state index contributed by atoms with van der Waals surface area (Å²) < 4.78 is 11.1. The van der Waals surface area contributed by atoms with E-state index in [1.54, 1.807) is 11.3 Å². The van der Waals surface area contributed by atoms with Crippen LogP contribution < -0.4 is 0 Å². The van der Waals surface area contributed by atoms with E-state index in [0.717, 1.165) is 29.7 Å². The van der Waals surface area contributed by atoms with Crippen molar-refractivity contribution >= 4 is 23.3 Å². The maximum Gasteiger partial charge on any atom is 0.321 e. The highest BCUT2D eigenvalue weighted by Crippen LogP contribution is 2.52. The first-order valence-electron chi connectivity index (χ1n) is 9.72. The minimum Gasteiger partial charge on any atom is -0.468 e. The number of thiophene rings is 1. The van der Waals surface area contributed by atoms with Crippen molar-refractivity contribution in [2.75, 3.05) is 7.11 Å². The van der Waals surface area contributed by atoms with Crippen molar-refractivity contribution in [3.8, 4) is 0 Å². The van der Waals surface area contributed by atoms with Gasteiger partial charge >= 0.3 is 11.9 Å². The maximum atomic E-state index is 13.2. The van der Waals surface area contributed by atoms with Crippen molar-refractivity contribution in [2.24, 2.45) is 11.8 Å². The normalized spacial score (nSPS) is 29.9. The monoisotopic (exact) mass is 396 g/mol. The standard InChI is InChI=1S/C23H24O4S/c1-26-21(24)20-18(19-13-8-14-28-19)15-23(27-22(20)25,16-9-4-2-5-10-16)17-11-6-3-7-12-17/h2,4-6,8-11,13-14,17-18,20H,3,7,12,15H2,1H3/t17-,18-,20+,23?/m1/s1. The van der Waals surface area contributed by atoms with E-state index in [1.165, 1.54) is 7.11 Å². The summed E-state index contributed by atoms with van der Waals surface area (Å²) in [4.78, 5) is 26.7. The van der Waals surface area contributed by atoms with Crippen LogP contribution in [-0.4, -0.2) is 19.0 Å². The molecular formula is C23H24O4S. The number of hydrogen-bond acceptors (Lipinski definition) is 5. The lowest BCUT2D eigenvalue weighted by atomic mass is 9.67. The van der Waals surface area contributed by atoms with Gasteiger partial charge in [-0.2, -0.15) is 0 Å². The first kappa shape index (κ1) is 18.9. The summed E-state index contributed by atoms with van der Waals surface area (Å²) in [5.74, 6) is -2.10. The van der Waals surface area contributed by atoms with Crippen LogP contribution in [0, 0.1) is 11.8 Å². The molecule has 1 aliphatic carbocycles. The fourth-order valence-electron chi connectivity index (χ4n) is 4.59. The highest BCUT2D eigenvalue weighted by Gasteiger charge is 2.55. The lowest BCUT2D eigenvalue weighted by Gasteiger charge is -2.47. The van der Waals surface area contributed by atoms with Crippen molar-refractivity contribution in [1.82, 2.24) is 0 Å². The van der Waals surface area contributed by atoms with Gasteiger partial charge in [0.2, 0.25) is 0 Å². The Morgan fingerprint density at radius 3 is 2.68 bits per heavy atom. The van der Waals surface area contributed by atoms with Crippen molar-refractivity contribution in [3.05, 3.63) is 70.4 Å². The number of carbonyl (C=O) groups is 2. The van der Waals surface area contributed by atoms with Gasteiger partial charge in [0, 0.05) is 23.1 Å². The zero-order chi connectivity index (χ0) is 19.6. The predicted octanol–water partition coefficient (Wildman–Crippen LogP) is 4.82. The summed E-state index contributed by atoms with van der Waals surface area (Å²) in [6, 6.07) is 13.9. The Morgan fingerprint density at radius 2 is 2.04 bits per heavy atom. The molecule has 2 aromatic rings. The molecule has 5 heteroatoms. The van der Waals surface area contributed by atoms with Gasteiger partial charge in [0.1, 0.15) is 5.60 Å². The van der Waals surface area contributed by atoms with Crippen LogP contribution in [0.1, 0.15) is 42.0 Å². The third-order valence-electron chi connectivity index (χ3n) is 5.94. The molecule has 28 heavy (non-hydrogen) atoms. The highest BCUT2D eigenvalue weighted by molar-refractivity contribution is 7.10. The number of cyclic esters (lactones) is 1. The van der Waals surface area contributed by atoms with E-state index < -0.39 is 23.5 Å². The molecule has 1 aliphatic heterocycles. The van der Waals surface area contributed by atoms with Crippen LogP contribution in [-0.2, 0) is 24.7 Å². The summed E-state index contributed by atoms with van der Waals surface area (Å²) >= 11 is 1.57. The molecule has 1 saturated heterocycles. The van der Waals surface area contributed by atoms with Gasteiger partial charge < -0.3 is 9.47 Å². The molecule has 4 nitrogen and oxygen atoms in total. The smallest absolute Gasteiger partial charge is 0.321 e. The molecule has 146 valence electrons. The van der Waals surface area contributed by atoms with Gasteiger partial charge in [0.25, 0.3) is 0 Å². The Labute approximate surface area is 169 Å². The lowest BCUT2D eigenvalue weighted by molar-refractivity contribution is -0.191. The number of esters is 2. The molecule has 0 radical (unpaired) electrons. The number of allylic oxidation sites excluding steroid dienone is 1. The Morgan fingerprint density at radius 1 is 1.21 bits per heavy atom. The first-order chi connectivity index (χ1) is 13.7. The fourth-order valence-corrected chi connectivity index (χ4v) is 5.45. The van der Waals surface area contributed by atoms with Gasteiger partial charge in [0.05, 0.1) is 7.11 Å². The van der Waals surface area contributed by atoms with Crippen molar-refractivity contribution in [1.29, 1.82) is 0 Å². The van der Waals surface area contributed by atoms with Crippen LogP contribution in [0.25, 0.3) is 0 Å². The molecule has 1 aromatic heterocycles. The van der Waals surface area contributed by atoms with E-state index >= 15 is 0 Å². The molecular weight excluding hydrogens is 372 g/mol. The number of rotatable bonds is 4. The minimum absolute atomic E-state index is 0.0914. The summed E-state index contributed by atoms with van der Waals surface area (Å²) in [7, 11) is 1.32. The van der Waals surface area contributed by atoms with Crippen LogP contribution in [0.5, 0.6) is 0 Å². The molecule has 1 unspecified atom stereocenters. The second kappa shape index (κ2) is 7.92. The zero-order valence-corrected chi connectivity index (χ0v) is 16.7. The van der Waals surface area contributed by atoms with E-state index in [0.29, 0.717) is 6.42 Å². The van der Waals surface area contributed by atoms with Crippen LogP contribution in [0.3, 0.4) is 0 Å². The van der Waals surface area contributed by atoms with Gasteiger partial charge in [-0.05, 0) is 36.3 Å². The summed E-state index contributed by atoms with van der Waals surface area (Å²) in [5.41, 5.74) is 0.221. The van der Waals surface area contributed by atoms with Crippen LogP contribution in [0.4, 0.5) is 0 Å². The molecule has 4 atom stereocenters. The number of ether oxygens (including phenoxy) is 2. The van der Waals surface area contributed by atoms with Crippen LogP contribution in [0.15, 0.2) is 60.0 Å². The maximum absolute atomic E-state index is 13.2. The Balaban J connectivity index is 1.83. The largest absolute Gasteiger partial charge is 0.468 e. The highest BCUT2D eigenvalue weighted by atomic mass is 32.1. The molecule has 2 heterocycles. The van der Waals surface area contributed by atoms with Crippen molar-refractivity contribution in [3.63, 3.8) is 0 Å². The Hall–Kier alpha value is -2.40. The second-order valence-corrected chi connectivity index (χ2v) is 8.45. The van der Waals surface area contributed by atoms with Gasteiger partial charge in [-0.3, -0.25) is 9.59 Å². The van der Waals surface area contributed by atoms with Gasteiger partial charge in [-0.25, -0.2) is 0 Å². The third-order valence-corrected chi connectivity index (χ3v) is 6.95. The Kier molecular flexibility index (Phi) is 5.36. The van der Waals surface area contributed by atoms with E-state index in [4.69, 9.17) is 9.47 Å². The molecule has 2 aliphatic rings. The van der Waals surface area contributed by atoms with E-state index in [2.05, 4.69) is 12.2 Å². The van der Waals surface area contributed by atoms with Crippen molar-refractivity contribution < 1.29 is 19.1 Å².